The summed E-state index contributed by atoms with van der Waals surface area (Å²) in [5.41, 5.74) is 9.53. The van der Waals surface area contributed by atoms with Gasteiger partial charge in [-0.25, -0.2) is 0 Å². The Labute approximate surface area is 116 Å². The van der Waals surface area contributed by atoms with E-state index in [0.29, 0.717) is 17.5 Å². The van der Waals surface area contributed by atoms with Gasteiger partial charge in [0, 0.05) is 5.92 Å². The number of hydrogen-bond donors (Lipinski definition) is 1. The summed E-state index contributed by atoms with van der Waals surface area (Å²) in [6, 6.07) is 4.18. The highest BCUT2D eigenvalue weighted by Crippen LogP contribution is 2.32. The molecule has 0 fully saturated rings. The molecule has 2 atom stereocenters. The smallest absolute Gasteiger partial charge is 0.122 e. The average molecular weight is 265 g/mol. The quantitative estimate of drug-likeness (QED) is 0.824. The molecule has 2 unspecified atom stereocenters. The second kappa shape index (κ2) is 6.19. The van der Waals surface area contributed by atoms with Crippen molar-refractivity contribution in [3.8, 4) is 5.75 Å². The first-order valence-corrected chi connectivity index (χ1v) is 6.83. The third-order valence-electron chi connectivity index (χ3n) is 3.77. The molecule has 1 rings (SSSR count). The van der Waals surface area contributed by atoms with Crippen molar-refractivity contribution in [2.24, 2.45) is 11.7 Å². The fourth-order valence-corrected chi connectivity index (χ4v) is 2.34. The zero-order valence-corrected chi connectivity index (χ0v) is 12.7. The van der Waals surface area contributed by atoms with Crippen LogP contribution in [0.1, 0.15) is 43.4 Å². The van der Waals surface area contributed by atoms with E-state index < -0.39 is 0 Å². The summed E-state index contributed by atoms with van der Waals surface area (Å²) in [7, 11) is 0. The van der Waals surface area contributed by atoms with Crippen LogP contribution < -0.4 is 10.5 Å². The second-order valence-corrected chi connectivity index (χ2v) is 5.29. The lowest BCUT2D eigenvalue weighted by molar-refractivity contribution is 0.337. The van der Waals surface area contributed by atoms with Gasteiger partial charge in [0.25, 0.3) is 0 Å². The molecule has 100 valence electrons. The Morgan fingerprint density at radius 3 is 2.39 bits per heavy atom. The second-order valence-electron chi connectivity index (χ2n) is 4.82. The molecule has 18 heavy (non-hydrogen) atoms. The zero-order valence-electron chi connectivity index (χ0n) is 11.9. The Bertz CT molecular complexity index is 442. The van der Waals surface area contributed by atoms with E-state index in [0.717, 1.165) is 5.75 Å². The van der Waals surface area contributed by atoms with Gasteiger partial charge in [0.05, 0.1) is 11.6 Å². The molecule has 0 heterocycles. The summed E-state index contributed by atoms with van der Waals surface area (Å²) in [6.45, 7) is 11.2. The van der Waals surface area contributed by atoms with Gasteiger partial charge in [-0.15, -0.1) is 0 Å². The molecular weight excluding hydrogens is 242 g/mol. The molecule has 0 aromatic heterocycles. The topological polar surface area (TPSA) is 35.2 Å². The standard InChI is InChI=1S/C15H23NOS/c1-6-17-14-8-7-13(9(2)11(14)4)10(3)12(5)15(16)18/h7-8,10,12H,6H2,1-5H3,(H2,16,18). The summed E-state index contributed by atoms with van der Waals surface area (Å²) >= 11 is 5.09. The van der Waals surface area contributed by atoms with Crippen molar-refractivity contribution >= 4 is 17.2 Å². The first-order valence-electron chi connectivity index (χ1n) is 6.42. The van der Waals surface area contributed by atoms with Crippen LogP contribution in [0.4, 0.5) is 0 Å². The van der Waals surface area contributed by atoms with Gasteiger partial charge in [-0.3, -0.25) is 0 Å². The molecule has 0 radical (unpaired) electrons. The van der Waals surface area contributed by atoms with Crippen molar-refractivity contribution in [3.05, 3.63) is 28.8 Å². The van der Waals surface area contributed by atoms with Gasteiger partial charge in [-0.1, -0.05) is 32.1 Å². The molecule has 0 aliphatic heterocycles. The van der Waals surface area contributed by atoms with Crippen molar-refractivity contribution < 1.29 is 4.74 Å². The van der Waals surface area contributed by atoms with Gasteiger partial charge >= 0.3 is 0 Å². The molecule has 0 aliphatic carbocycles. The van der Waals surface area contributed by atoms with Crippen LogP contribution in [0.3, 0.4) is 0 Å². The first kappa shape index (κ1) is 15.0. The lowest BCUT2D eigenvalue weighted by Gasteiger charge is -2.23. The van der Waals surface area contributed by atoms with Gasteiger partial charge in [-0.2, -0.15) is 0 Å². The molecule has 0 amide bonds. The van der Waals surface area contributed by atoms with E-state index in [1.54, 1.807) is 0 Å². The van der Waals surface area contributed by atoms with E-state index in [2.05, 4.69) is 33.8 Å². The maximum absolute atomic E-state index is 5.75. The van der Waals surface area contributed by atoms with Crippen LogP contribution in [0.15, 0.2) is 12.1 Å². The van der Waals surface area contributed by atoms with Crippen LogP contribution in [0.5, 0.6) is 5.75 Å². The van der Waals surface area contributed by atoms with Gasteiger partial charge < -0.3 is 10.5 Å². The molecule has 1 aromatic rings. The summed E-state index contributed by atoms with van der Waals surface area (Å²) in [5.74, 6) is 1.50. The van der Waals surface area contributed by atoms with E-state index in [4.69, 9.17) is 22.7 Å². The third kappa shape index (κ3) is 3.02. The number of thiocarbonyl (C=S) groups is 1. The van der Waals surface area contributed by atoms with Crippen LogP contribution in [0, 0.1) is 19.8 Å². The molecule has 0 spiro atoms. The molecule has 0 bridgehead atoms. The van der Waals surface area contributed by atoms with Crippen molar-refractivity contribution in [1.29, 1.82) is 0 Å². The third-order valence-corrected chi connectivity index (χ3v) is 4.14. The van der Waals surface area contributed by atoms with E-state index in [1.807, 2.05) is 13.0 Å². The summed E-state index contributed by atoms with van der Waals surface area (Å²) in [4.78, 5) is 0.577. The van der Waals surface area contributed by atoms with E-state index in [1.165, 1.54) is 16.7 Å². The molecule has 2 N–H and O–H groups in total. The molecule has 2 nitrogen and oxygen atoms in total. The van der Waals surface area contributed by atoms with Gasteiger partial charge in [0.15, 0.2) is 0 Å². The largest absolute Gasteiger partial charge is 0.494 e. The minimum absolute atomic E-state index is 0.205. The summed E-state index contributed by atoms with van der Waals surface area (Å²) in [6.07, 6.45) is 0. The Morgan fingerprint density at radius 1 is 1.28 bits per heavy atom. The number of rotatable bonds is 5. The highest BCUT2D eigenvalue weighted by atomic mass is 32.1. The molecule has 0 saturated heterocycles. The SMILES string of the molecule is CCOc1ccc(C(C)C(C)C(N)=S)c(C)c1C. The highest BCUT2D eigenvalue weighted by Gasteiger charge is 2.20. The predicted molar refractivity (Wildman–Crippen MR) is 81.4 cm³/mol. The lowest BCUT2D eigenvalue weighted by Crippen LogP contribution is -2.23. The molecule has 0 aliphatic rings. The summed E-state index contributed by atoms with van der Waals surface area (Å²) in [5, 5.41) is 0. The van der Waals surface area contributed by atoms with E-state index in [-0.39, 0.29) is 5.92 Å². The van der Waals surface area contributed by atoms with E-state index in [9.17, 15) is 0 Å². The van der Waals surface area contributed by atoms with Crippen molar-refractivity contribution in [1.82, 2.24) is 0 Å². The number of ether oxygens (including phenoxy) is 1. The molecular formula is C15H23NOS. The molecule has 0 saturated carbocycles. The van der Waals surface area contributed by atoms with Gasteiger partial charge in [0.2, 0.25) is 0 Å². The minimum Gasteiger partial charge on any atom is -0.494 e. The van der Waals surface area contributed by atoms with Crippen molar-refractivity contribution in [2.75, 3.05) is 6.61 Å². The van der Waals surface area contributed by atoms with Crippen LogP contribution in [-0.4, -0.2) is 11.6 Å². The Hall–Kier alpha value is -1.09. The zero-order chi connectivity index (χ0) is 13.9. The maximum Gasteiger partial charge on any atom is 0.122 e. The maximum atomic E-state index is 5.75. The van der Waals surface area contributed by atoms with Crippen LogP contribution in [0.2, 0.25) is 0 Å². The fraction of sp³-hybridized carbons (Fsp3) is 0.533. The molecule has 3 heteroatoms. The van der Waals surface area contributed by atoms with Crippen LogP contribution in [-0.2, 0) is 0 Å². The molecule has 1 aromatic carbocycles. The summed E-state index contributed by atoms with van der Waals surface area (Å²) < 4.78 is 5.61. The normalized spacial score (nSPS) is 14.1. The van der Waals surface area contributed by atoms with Crippen molar-refractivity contribution in [3.63, 3.8) is 0 Å². The van der Waals surface area contributed by atoms with Gasteiger partial charge in [0.1, 0.15) is 5.75 Å². The Balaban J connectivity index is 3.12. The minimum atomic E-state index is 0.205. The first-order chi connectivity index (χ1) is 8.40. The predicted octanol–water partition coefficient (Wildman–Crippen LogP) is 3.73. The monoisotopic (exact) mass is 265 g/mol. The number of nitrogens with two attached hydrogens (primary N) is 1. The number of benzene rings is 1. The van der Waals surface area contributed by atoms with Crippen LogP contribution >= 0.6 is 12.2 Å². The lowest BCUT2D eigenvalue weighted by atomic mass is 9.85. The highest BCUT2D eigenvalue weighted by molar-refractivity contribution is 7.80. The van der Waals surface area contributed by atoms with E-state index >= 15 is 0 Å². The fourth-order valence-electron chi connectivity index (χ4n) is 2.14. The van der Waals surface area contributed by atoms with Crippen molar-refractivity contribution in [2.45, 2.75) is 40.5 Å². The van der Waals surface area contributed by atoms with Gasteiger partial charge in [-0.05, 0) is 49.4 Å². The Morgan fingerprint density at radius 2 is 1.89 bits per heavy atom. The Kier molecular flexibility index (Phi) is 5.15. The average Bonchev–Trinajstić information content (AvgIpc) is 2.33. The number of hydrogen-bond acceptors (Lipinski definition) is 2. The van der Waals surface area contributed by atoms with Crippen LogP contribution in [0.25, 0.3) is 0 Å².